The van der Waals surface area contributed by atoms with Crippen LogP contribution >= 0.6 is 15.9 Å². The van der Waals surface area contributed by atoms with Gasteiger partial charge >= 0.3 is 5.97 Å². The van der Waals surface area contributed by atoms with E-state index in [0.717, 1.165) is 15.2 Å². The number of hydrazine groups is 1. The Hall–Kier alpha value is -3.39. The maximum Gasteiger partial charge on any atom is 0.342 e. The molecule has 0 radical (unpaired) electrons. The average Bonchev–Trinajstić information content (AvgIpc) is 2.75. The van der Waals surface area contributed by atoms with Gasteiger partial charge in [0.1, 0.15) is 11.3 Å². The molecule has 3 aromatic rings. The highest BCUT2D eigenvalue weighted by molar-refractivity contribution is 9.10. The van der Waals surface area contributed by atoms with Crippen molar-refractivity contribution in [3.63, 3.8) is 0 Å². The molecule has 0 aliphatic carbocycles. The number of carbonyl (C=O) groups excluding carboxylic acids is 3. The number of hydrogen-bond donors (Lipinski definition) is 2. The molecule has 148 valence electrons. The topological polar surface area (TPSA) is 93.7 Å². The third kappa shape index (κ3) is 5.11. The van der Waals surface area contributed by atoms with E-state index in [1.165, 1.54) is 7.11 Å². The van der Waals surface area contributed by atoms with Gasteiger partial charge in [0.05, 0.1) is 7.11 Å². The van der Waals surface area contributed by atoms with Crippen molar-refractivity contribution in [2.75, 3.05) is 13.7 Å². The first-order valence-corrected chi connectivity index (χ1v) is 9.36. The first-order chi connectivity index (χ1) is 14.0. The van der Waals surface area contributed by atoms with Gasteiger partial charge in [0.2, 0.25) is 0 Å². The maximum atomic E-state index is 12.4. The molecule has 2 amide bonds. The summed E-state index contributed by atoms with van der Waals surface area (Å²) in [5, 5.41) is 1.75. The molecule has 0 saturated heterocycles. The lowest BCUT2D eigenvalue weighted by atomic mass is 10.1. The summed E-state index contributed by atoms with van der Waals surface area (Å²) < 4.78 is 11.1. The van der Waals surface area contributed by atoms with Crippen LogP contribution in [-0.4, -0.2) is 31.5 Å². The first kappa shape index (κ1) is 20.3. The summed E-state index contributed by atoms with van der Waals surface area (Å²) in [5.74, 6) is -1.53. The summed E-state index contributed by atoms with van der Waals surface area (Å²) in [5.41, 5.74) is 5.03. The van der Waals surface area contributed by atoms with Crippen molar-refractivity contribution in [2.45, 2.75) is 0 Å². The Morgan fingerprint density at radius 2 is 1.59 bits per heavy atom. The third-order valence-corrected chi connectivity index (χ3v) is 4.57. The second kappa shape index (κ2) is 9.20. The molecule has 0 aromatic heterocycles. The van der Waals surface area contributed by atoms with Crippen LogP contribution in [0.2, 0.25) is 0 Å². The number of carbonyl (C=O) groups is 3. The van der Waals surface area contributed by atoms with E-state index < -0.39 is 24.4 Å². The van der Waals surface area contributed by atoms with E-state index in [-0.39, 0.29) is 5.56 Å². The molecule has 29 heavy (non-hydrogen) atoms. The highest BCUT2D eigenvalue weighted by atomic mass is 79.9. The van der Waals surface area contributed by atoms with Crippen molar-refractivity contribution in [1.82, 2.24) is 10.9 Å². The van der Waals surface area contributed by atoms with Crippen molar-refractivity contribution in [3.8, 4) is 5.75 Å². The minimum absolute atomic E-state index is 0.206. The fourth-order valence-corrected chi connectivity index (χ4v) is 2.86. The second-order valence-corrected chi connectivity index (χ2v) is 6.90. The van der Waals surface area contributed by atoms with Crippen LogP contribution < -0.4 is 15.6 Å². The summed E-state index contributed by atoms with van der Waals surface area (Å²) >= 11 is 3.27. The summed E-state index contributed by atoms with van der Waals surface area (Å²) in [6.45, 7) is -0.560. The molecule has 0 heterocycles. The number of fused-ring (bicyclic) bond motifs is 1. The number of benzene rings is 3. The molecule has 0 fully saturated rings. The van der Waals surface area contributed by atoms with Crippen LogP contribution in [0, 0.1) is 0 Å². The standard InChI is InChI=1S/C21H17BrN2O5/c1-28-18-11-15-5-3-2-4-14(15)10-17(18)21(27)29-12-19(25)23-24-20(26)13-6-8-16(22)9-7-13/h2-11H,12H2,1H3,(H,23,25)(H,24,26). The van der Waals surface area contributed by atoms with Gasteiger partial charge in [-0.05, 0) is 47.2 Å². The van der Waals surface area contributed by atoms with E-state index in [9.17, 15) is 14.4 Å². The number of hydrogen-bond acceptors (Lipinski definition) is 5. The number of esters is 1. The predicted molar refractivity (Wildman–Crippen MR) is 111 cm³/mol. The minimum atomic E-state index is -0.706. The molecule has 0 aliphatic rings. The molecular formula is C21H17BrN2O5. The van der Waals surface area contributed by atoms with Crippen LogP contribution in [0.25, 0.3) is 10.8 Å². The Balaban J connectivity index is 1.57. The summed E-state index contributed by atoms with van der Waals surface area (Å²) in [4.78, 5) is 36.2. The Kier molecular flexibility index (Phi) is 6.46. The molecule has 0 spiro atoms. The summed E-state index contributed by atoms with van der Waals surface area (Å²) in [7, 11) is 1.45. The van der Waals surface area contributed by atoms with Crippen LogP contribution in [0.3, 0.4) is 0 Å². The zero-order valence-corrected chi connectivity index (χ0v) is 17.0. The Bertz CT molecular complexity index is 1070. The molecule has 3 aromatic carbocycles. The molecule has 0 atom stereocenters. The largest absolute Gasteiger partial charge is 0.496 e. The molecule has 0 aliphatic heterocycles. The fraction of sp³-hybridized carbons (Fsp3) is 0.0952. The zero-order chi connectivity index (χ0) is 20.8. The monoisotopic (exact) mass is 456 g/mol. The lowest BCUT2D eigenvalue weighted by molar-refractivity contribution is -0.125. The lowest BCUT2D eigenvalue weighted by Gasteiger charge is -2.11. The van der Waals surface area contributed by atoms with Gasteiger partial charge in [-0.3, -0.25) is 20.4 Å². The lowest BCUT2D eigenvalue weighted by Crippen LogP contribution is -2.43. The zero-order valence-electron chi connectivity index (χ0n) is 15.4. The Morgan fingerprint density at radius 1 is 0.931 bits per heavy atom. The first-order valence-electron chi connectivity index (χ1n) is 8.56. The number of rotatable bonds is 5. The van der Waals surface area contributed by atoms with E-state index in [1.54, 1.807) is 36.4 Å². The SMILES string of the molecule is COc1cc2ccccc2cc1C(=O)OCC(=O)NNC(=O)c1ccc(Br)cc1. The Labute approximate surface area is 175 Å². The van der Waals surface area contributed by atoms with Crippen LogP contribution in [0.4, 0.5) is 0 Å². The van der Waals surface area contributed by atoms with Crippen molar-refractivity contribution in [1.29, 1.82) is 0 Å². The van der Waals surface area contributed by atoms with Gasteiger partial charge in [0.25, 0.3) is 11.8 Å². The van der Waals surface area contributed by atoms with Crippen molar-refractivity contribution in [2.24, 2.45) is 0 Å². The number of nitrogens with one attached hydrogen (secondary N) is 2. The van der Waals surface area contributed by atoms with E-state index >= 15 is 0 Å². The van der Waals surface area contributed by atoms with E-state index in [0.29, 0.717) is 11.3 Å². The molecule has 0 saturated carbocycles. The number of methoxy groups -OCH3 is 1. The normalized spacial score (nSPS) is 10.3. The quantitative estimate of drug-likeness (QED) is 0.454. The predicted octanol–water partition coefficient (Wildman–Crippen LogP) is 3.23. The summed E-state index contributed by atoms with van der Waals surface area (Å²) in [6.07, 6.45) is 0. The number of ether oxygens (including phenoxy) is 2. The van der Waals surface area contributed by atoms with Crippen LogP contribution in [0.1, 0.15) is 20.7 Å². The van der Waals surface area contributed by atoms with Crippen LogP contribution in [0.15, 0.2) is 65.1 Å². The van der Waals surface area contributed by atoms with Gasteiger partial charge in [0, 0.05) is 10.0 Å². The molecule has 3 rings (SSSR count). The van der Waals surface area contributed by atoms with Crippen molar-refractivity contribution < 1.29 is 23.9 Å². The molecule has 0 bridgehead atoms. The van der Waals surface area contributed by atoms with Gasteiger partial charge in [-0.25, -0.2) is 4.79 Å². The third-order valence-electron chi connectivity index (χ3n) is 4.04. The number of amides is 2. The Morgan fingerprint density at radius 3 is 2.24 bits per heavy atom. The second-order valence-electron chi connectivity index (χ2n) is 5.98. The molecule has 0 unspecified atom stereocenters. The van der Waals surface area contributed by atoms with E-state index in [4.69, 9.17) is 9.47 Å². The molecular weight excluding hydrogens is 440 g/mol. The van der Waals surface area contributed by atoms with E-state index in [1.807, 2.05) is 24.3 Å². The molecule has 8 heteroatoms. The van der Waals surface area contributed by atoms with Gasteiger partial charge in [-0.15, -0.1) is 0 Å². The minimum Gasteiger partial charge on any atom is -0.496 e. The molecule has 7 nitrogen and oxygen atoms in total. The number of halogens is 1. The van der Waals surface area contributed by atoms with Crippen LogP contribution in [-0.2, 0) is 9.53 Å². The van der Waals surface area contributed by atoms with Gasteiger partial charge in [-0.1, -0.05) is 40.2 Å². The highest BCUT2D eigenvalue weighted by Crippen LogP contribution is 2.26. The van der Waals surface area contributed by atoms with Crippen LogP contribution in [0.5, 0.6) is 5.75 Å². The van der Waals surface area contributed by atoms with Gasteiger partial charge < -0.3 is 9.47 Å². The smallest absolute Gasteiger partial charge is 0.342 e. The fourth-order valence-electron chi connectivity index (χ4n) is 2.59. The summed E-state index contributed by atoms with van der Waals surface area (Å²) in [6, 6.07) is 17.5. The van der Waals surface area contributed by atoms with Gasteiger partial charge in [-0.2, -0.15) is 0 Å². The van der Waals surface area contributed by atoms with Crippen molar-refractivity contribution in [3.05, 3.63) is 76.3 Å². The maximum absolute atomic E-state index is 12.4. The van der Waals surface area contributed by atoms with Gasteiger partial charge in [0.15, 0.2) is 6.61 Å². The molecule has 2 N–H and O–H groups in total. The van der Waals surface area contributed by atoms with E-state index in [2.05, 4.69) is 26.8 Å². The highest BCUT2D eigenvalue weighted by Gasteiger charge is 2.17. The van der Waals surface area contributed by atoms with Crippen molar-refractivity contribution >= 4 is 44.5 Å². The average molecular weight is 457 g/mol.